The molecule has 0 aliphatic carbocycles. The molecule has 0 bridgehead atoms. The molecule has 1 aliphatic rings. The van der Waals surface area contributed by atoms with Gasteiger partial charge >= 0.3 is 0 Å². The zero-order chi connectivity index (χ0) is 24.1. The molecule has 2 aromatic carbocycles. The zero-order valence-corrected chi connectivity index (χ0v) is 19.7. The molecule has 9 heteroatoms. The van der Waals surface area contributed by atoms with Crippen molar-refractivity contribution in [3.05, 3.63) is 82.1 Å². The van der Waals surface area contributed by atoms with Crippen LogP contribution in [-0.2, 0) is 11.3 Å². The van der Waals surface area contributed by atoms with Crippen molar-refractivity contribution in [1.82, 2.24) is 4.90 Å². The number of rotatable bonds is 7. The van der Waals surface area contributed by atoms with E-state index in [-0.39, 0.29) is 29.7 Å². The van der Waals surface area contributed by atoms with Crippen molar-refractivity contribution in [2.24, 2.45) is 10.2 Å². The Morgan fingerprint density at radius 2 is 1.85 bits per heavy atom. The van der Waals surface area contributed by atoms with E-state index < -0.39 is 0 Å². The molecule has 0 saturated carbocycles. The maximum absolute atomic E-state index is 13.3. The first-order valence-electron chi connectivity index (χ1n) is 10.4. The summed E-state index contributed by atoms with van der Waals surface area (Å²) < 4.78 is 15.9. The molecule has 8 nitrogen and oxygen atoms in total. The zero-order valence-electron chi connectivity index (χ0n) is 18.9. The summed E-state index contributed by atoms with van der Waals surface area (Å²) in [5.41, 5.74) is 2.65. The predicted octanol–water partition coefficient (Wildman–Crippen LogP) is 4.82. The van der Waals surface area contributed by atoms with E-state index in [0.717, 1.165) is 11.1 Å². The first-order valence-corrected chi connectivity index (χ1v) is 11.2. The molecular weight excluding hydrogens is 454 g/mol. The first kappa shape index (κ1) is 23.2. The van der Waals surface area contributed by atoms with Gasteiger partial charge in [-0.05, 0) is 65.7 Å². The number of hydrogen-bond donors (Lipinski definition) is 1. The van der Waals surface area contributed by atoms with Crippen molar-refractivity contribution >= 4 is 35.1 Å². The fraction of sp³-hybridized carbons (Fsp3) is 0.160. The normalized spacial score (nSPS) is 16.2. The number of nitrogens with zero attached hydrogens (tertiary/aromatic N) is 3. The minimum Gasteiger partial charge on any atom is -0.502 e. The van der Waals surface area contributed by atoms with E-state index in [1.807, 2.05) is 31.2 Å². The van der Waals surface area contributed by atoms with Crippen LogP contribution in [-0.4, -0.2) is 41.5 Å². The van der Waals surface area contributed by atoms with Crippen LogP contribution in [0.15, 0.2) is 74.3 Å². The molecule has 174 valence electrons. The van der Waals surface area contributed by atoms with Crippen molar-refractivity contribution in [3.63, 3.8) is 0 Å². The van der Waals surface area contributed by atoms with Crippen LogP contribution in [0.2, 0.25) is 0 Å². The summed E-state index contributed by atoms with van der Waals surface area (Å²) in [6.07, 6.45) is 4.91. The molecule has 0 atom stereocenters. The third-order valence-corrected chi connectivity index (χ3v) is 6.11. The number of amides is 1. The standard InChI is InChI=1S/C25H23N3O5S/c1-16-7-4-5-8-18(16)14-26-27-25-28(15-19-9-6-10-33-19)24(30)22(34-25)13-17-11-20(31-2)23(29)21(12-17)32-3/h4-14,29H,15H2,1-3H3/b22-13-,26-14-,27-25+. The summed E-state index contributed by atoms with van der Waals surface area (Å²) in [6, 6.07) is 14.6. The summed E-state index contributed by atoms with van der Waals surface area (Å²) in [5, 5.41) is 19.1. The van der Waals surface area contributed by atoms with Crippen molar-refractivity contribution < 1.29 is 23.8 Å². The van der Waals surface area contributed by atoms with Gasteiger partial charge in [0.2, 0.25) is 5.75 Å². The molecule has 0 spiro atoms. The quantitative estimate of drug-likeness (QED) is 0.298. The van der Waals surface area contributed by atoms with Gasteiger partial charge in [0, 0.05) is 0 Å². The van der Waals surface area contributed by atoms with Gasteiger partial charge in [0.15, 0.2) is 16.7 Å². The van der Waals surface area contributed by atoms with Gasteiger partial charge in [0.05, 0.1) is 38.1 Å². The smallest absolute Gasteiger partial charge is 0.267 e. The van der Waals surface area contributed by atoms with Gasteiger partial charge in [-0.1, -0.05) is 24.3 Å². The fourth-order valence-electron chi connectivity index (χ4n) is 3.30. The summed E-state index contributed by atoms with van der Waals surface area (Å²) in [6.45, 7) is 2.21. The number of methoxy groups -OCH3 is 2. The summed E-state index contributed by atoms with van der Waals surface area (Å²) in [4.78, 5) is 15.2. The predicted molar refractivity (Wildman–Crippen MR) is 132 cm³/mol. The third-order valence-electron chi connectivity index (χ3n) is 5.11. The van der Waals surface area contributed by atoms with Crippen molar-refractivity contribution in [2.45, 2.75) is 13.5 Å². The number of aromatic hydroxyl groups is 1. The van der Waals surface area contributed by atoms with Gasteiger partial charge in [0.25, 0.3) is 5.91 Å². The van der Waals surface area contributed by atoms with Gasteiger partial charge in [-0.2, -0.15) is 5.10 Å². The highest BCUT2D eigenvalue weighted by Gasteiger charge is 2.34. The number of furan rings is 1. The Morgan fingerprint density at radius 3 is 2.50 bits per heavy atom. The van der Waals surface area contributed by atoms with E-state index in [1.54, 1.807) is 42.8 Å². The second kappa shape index (κ2) is 10.3. The number of phenolic OH excluding ortho intramolecular Hbond substituents is 1. The number of carbonyl (C=O) groups is 1. The number of phenols is 1. The highest BCUT2D eigenvalue weighted by molar-refractivity contribution is 8.18. The first-order chi connectivity index (χ1) is 16.5. The number of amidine groups is 1. The minimum absolute atomic E-state index is 0.107. The molecule has 2 heterocycles. The maximum atomic E-state index is 13.3. The van der Waals surface area contributed by atoms with Crippen molar-refractivity contribution in [1.29, 1.82) is 0 Å². The second-order valence-corrected chi connectivity index (χ2v) is 8.35. The number of ether oxygens (including phenoxy) is 2. The molecule has 0 unspecified atom stereocenters. The number of carbonyl (C=O) groups excluding carboxylic acids is 1. The van der Waals surface area contributed by atoms with Crippen molar-refractivity contribution in [3.8, 4) is 17.2 Å². The van der Waals surface area contributed by atoms with Crippen LogP contribution in [0.4, 0.5) is 0 Å². The van der Waals surface area contributed by atoms with E-state index in [4.69, 9.17) is 13.9 Å². The molecule has 3 aromatic rings. The molecular formula is C25H23N3O5S. The Hall–Kier alpha value is -3.98. The molecule has 4 rings (SSSR count). The van der Waals surface area contributed by atoms with Gasteiger partial charge in [-0.3, -0.25) is 9.69 Å². The van der Waals surface area contributed by atoms with Crippen LogP contribution in [0, 0.1) is 6.92 Å². The van der Waals surface area contributed by atoms with E-state index >= 15 is 0 Å². The lowest BCUT2D eigenvalue weighted by molar-refractivity contribution is -0.122. The van der Waals surface area contributed by atoms with Gasteiger partial charge in [-0.25, -0.2) is 0 Å². The number of aryl methyl sites for hydroxylation is 1. The molecule has 1 aromatic heterocycles. The Bertz CT molecular complexity index is 1260. The third kappa shape index (κ3) is 4.99. The highest BCUT2D eigenvalue weighted by atomic mass is 32.2. The second-order valence-electron chi connectivity index (χ2n) is 7.34. The molecule has 1 fully saturated rings. The van der Waals surface area contributed by atoms with Crippen molar-refractivity contribution in [2.75, 3.05) is 14.2 Å². The topological polar surface area (TPSA) is 96.9 Å². The molecule has 0 radical (unpaired) electrons. The minimum atomic E-state index is -0.239. The number of hydrogen-bond acceptors (Lipinski definition) is 8. The van der Waals surface area contributed by atoms with E-state index in [1.165, 1.54) is 30.9 Å². The summed E-state index contributed by atoms with van der Waals surface area (Å²) in [5.74, 6) is 0.761. The highest BCUT2D eigenvalue weighted by Crippen LogP contribution is 2.39. The maximum Gasteiger partial charge on any atom is 0.267 e. The Kier molecular flexibility index (Phi) is 7.03. The SMILES string of the molecule is COc1cc(/C=C2\S/C(=N/N=C\c3ccccc3C)N(Cc3ccco3)C2=O)cc(OC)c1O. The van der Waals surface area contributed by atoms with E-state index in [0.29, 0.717) is 21.4 Å². The molecule has 1 aliphatic heterocycles. The number of thioether (sulfide) groups is 1. The fourth-order valence-corrected chi connectivity index (χ4v) is 4.24. The average molecular weight is 478 g/mol. The van der Waals surface area contributed by atoms with Gasteiger partial charge < -0.3 is 19.0 Å². The lowest BCUT2D eigenvalue weighted by Crippen LogP contribution is -2.28. The van der Waals surface area contributed by atoms with Gasteiger partial charge in [-0.15, -0.1) is 5.10 Å². The van der Waals surface area contributed by atoms with E-state index in [2.05, 4.69) is 10.2 Å². The largest absolute Gasteiger partial charge is 0.502 e. The van der Waals surface area contributed by atoms with Crippen LogP contribution >= 0.6 is 11.8 Å². The lowest BCUT2D eigenvalue weighted by Gasteiger charge is -2.12. The number of benzene rings is 2. The van der Waals surface area contributed by atoms with Crippen LogP contribution < -0.4 is 9.47 Å². The van der Waals surface area contributed by atoms with Crippen LogP contribution in [0.3, 0.4) is 0 Å². The van der Waals surface area contributed by atoms with Gasteiger partial charge in [0.1, 0.15) is 5.76 Å². The Morgan fingerprint density at radius 1 is 1.12 bits per heavy atom. The molecule has 1 saturated heterocycles. The van der Waals surface area contributed by atoms with E-state index in [9.17, 15) is 9.90 Å². The van der Waals surface area contributed by atoms with Crippen LogP contribution in [0.5, 0.6) is 17.2 Å². The van der Waals surface area contributed by atoms with Crippen LogP contribution in [0.1, 0.15) is 22.5 Å². The Labute approximate surface area is 201 Å². The average Bonchev–Trinajstić information content (AvgIpc) is 3.45. The molecule has 1 amide bonds. The monoisotopic (exact) mass is 477 g/mol. The Balaban J connectivity index is 1.67. The summed E-state index contributed by atoms with van der Waals surface area (Å²) >= 11 is 1.20. The lowest BCUT2D eigenvalue weighted by atomic mass is 10.1. The van der Waals surface area contributed by atoms with Crippen LogP contribution in [0.25, 0.3) is 6.08 Å². The molecule has 1 N–H and O–H groups in total. The summed E-state index contributed by atoms with van der Waals surface area (Å²) in [7, 11) is 2.90. The molecule has 34 heavy (non-hydrogen) atoms.